The quantitative estimate of drug-likeness (QED) is 0.176. The van der Waals surface area contributed by atoms with Crippen LogP contribution in [0.2, 0.25) is 0 Å². The van der Waals surface area contributed by atoms with E-state index in [9.17, 15) is 0 Å². The minimum atomic E-state index is 0.643. The maximum atomic E-state index is 5.25. The first kappa shape index (κ1) is 32.7. The zero-order valence-corrected chi connectivity index (χ0v) is 32.0. The Labute approximate surface area is 338 Å². The molecule has 270 valence electrons. The van der Waals surface area contributed by atoms with Gasteiger partial charge in [0.2, 0.25) is 0 Å². The number of rotatable bonds is 5. The SMILES string of the molecule is c1ccc(-c2ccc(-c3nc(-c4ccc5ccccc5c4)nc(-c4cccc5c4sc4c(-n6c7ccccc7c7cc8ccccc8cc76)cccc45)n3)cc2)cc1. The zero-order valence-electron chi connectivity index (χ0n) is 31.2. The van der Waals surface area contributed by atoms with Crippen molar-refractivity contribution in [2.75, 3.05) is 0 Å². The molecule has 12 aromatic rings. The molecule has 0 saturated heterocycles. The first-order valence-corrected chi connectivity index (χ1v) is 20.3. The van der Waals surface area contributed by atoms with Gasteiger partial charge in [-0.1, -0.05) is 158 Å². The second kappa shape index (κ2) is 13.1. The van der Waals surface area contributed by atoms with Gasteiger partial charge in [-0.2, -0.15) is 0 Å². The molecule has 3 heterocycles. The van der Waals surface area contributed by atoms with Crippen LogP contribution in [0.15, 0.2) is 194 Å². The largest absolute Gasteiger partial charge is 0.308 e. The van der Waals surface area contributed by atoms with Gasteiger partial charge in [0.25, 0.3) is 0 Å². The Morgan fingerprint density at radius 1 is 0.328 bits per heavy atom. The molecule has 0 atom stereocenters. The van der Waals surface area contributed by atoms with Crippen LogP contribution in [0.3, 0.4) is 0 Å². The van der Waals surface area contributed by atoms with Crippen LogP contribution >= 0.6 is 11.3 Å². The van der Waals surface area contributed by atoms with E-state index < -0.39 is 0 Å². The second-order valence-corrected chi connectivity index (χ2v) is 15.8. The summed E-state index contributed by atoms with van der Waals surface area (Å²) >= 11 is 1.81. The molecule has 9 aromatic carbocycles. The average Bonchev–Trinajstić information content (AvgIpc) is 3.84. The van der Waals surface area contributed by atoms with Crippen LogP contribution < -0.4 is 0 Å². The van der Waals surface area contributed by atoms with Crippen LogP contribution in [0.4, 0.5) is 0 Å². The van der Waals surface area contributed by atoms with Gasteiger partial charge in [-0.05, 0) is 69.1 Å². The first-order chi connectivity index (χ1) is 28.7. The number of benzene rings is 9. The highest BCUT2D eigenvalue weighted by molar-refractivity contribution is 7.26. The maximum Gasteiger partial charge on any atom is 0.165 e. The fourth-order valence-corrected chi connectivity index (χ4v) is 9.91. The molecule has 0 radical (unpaired) electrons. The number of hydrogen-bond acceptors (Lipinski definition) is 4. The van der Waals surface area contributed by atoms with E-state index in [1.54, 1.807) is 0 Å². The van der Waals surface area contributed by atoms with Crippen molar-refractivity contribution in [1.82, 2.24) is 19.5 Å². The van der Waals surface area contributed by atoms with Crippen LogP contribution in [-0.2, 0) is 0 Å². The Morgan fingerprint density at radius 3 is 1.71 bits per heavy atom. The van der Waals surface area contributed by atoms with Gasteiger partial charge >= 0.3 is 0 Å². The lowest BCUT2D eigenvalue weighted by Crippen LogP contribution is -2.00. The van der Waals surface area contributed by atoms with Gasteiger partial charge in [-0.15, -0.1) is 11.3 Å². The first-order valence-electron chi connectivity index (χ1n) is 19.5. The number of aromatic nitrogens is 4. The summed E-state index contributed by atoms with van der Waals surface area (Å²) in [6, 6.07) is 69.1. The predicted octanol–water partition coefficient (Wildman–Crippen LogP) is 14.3. The molecule has 0 aliphatic carbocycles. The van der Waals surface area contributed by atoms with E-state index in [1.165, 1.54) is 59.0 Å². The molecule has 0 aliphatic heterocycles. The normalized spacial score (nSPS) is 11.8. The summed E-state index contributed by atoms with van der Waals surface area (Å²) < 4.78 is 4.82. The lowest BCUT2D eigenvalue weighted by molar-refractivity contribution is 1.08. The molecule has 0 bridgehead atoms. The van der Waals surface area contributed by atoms with Gasteiger partial charge in [-0.25, -0.2) is 15.0 Å². The molecule has 4 nitrogen and oxygen atoms in total. The summed E-state index contributed by atoms with van der Waals surface area (Å²) in [7, 11) is 0. The van der Waals surface area contributed by atoms with Crippen molar-refractivity contribution < 1.29 is 0 Å². The summed E-state index contributed by atoms with van der Waals surface area (Å²) in [5.74, 6) is 1.95. The van der Waals surface area contributed by atoms with Crippen LogP contribution in [0, 0.1) is 0 Å². The molecule has 0 aliphatic rings. The van der Waals surface area contributed by atoms with Crippen molar-refractivity contribution in [2.24, 2.45) is 0 Å². The fraction of sp³-hybridized carbons (Fsp3) is 0. The lowest BCUT2D eigenvalue weighted by Gasteiger charge is -2.10. The fourth-order valence-electron chi connectivity index (χ4n) is 8.60. The van der Waals surface area contributed by atoms with E-state index >= 15 is 0 Å². The van der Waals surface area contributed by atoms with E-state index in [4.69, 9.17) is 15.0 Å². The van der Waals surface area contributed by atoms with Crippen molar-refractivity contribution in [3.63, 3.8) is 0 Å². The van der Waals surface area contributed by atoms with Crippen molar-refractivity contribution in [1.29, 1.82) is 0 Å². The Bertz CT molecular complexity index is 3560. The monoisotopic (exact) mass is 756 g/mol. The van der Waals surface area contributed by atoms with Crippen molar-refractivity contribution in [3.05, 3.63) is 194 Å². The Morgan fingerprint density at radius 2 is 0.897 bits per heavy atom. The molecule has 0 unspecified atom stereocenters. The zero-order chi connectivity index (χ0) is 38.2. The number of thiophene rings is 1. The Balaban J connectivity index is 1.07. The highest BCUT2D eigenvalue weighted by Crippen LogP contribution is 2.44. The van der Waals surface area contributed by atoms with Gasteiger partial charge in [0.15, 0.2) is 17.5 Å². The molecule has 0 spiro atoms. The van der Waals surface area contributed by atoms with Gasteiger partial charge < -0.3 is 4.57 Å². The van der Waals surface area contributed by atoms with Crippen LogP contribution in [-0.4, -0.2) is 19.5 Å². The summed E-state index contributed by atoms with van der Waals surface area (Å²) in [5, 5.41) is 9.70. The third kappa shape index (κ3) is 5.25. The summed E-state index contributed by atoms with van der Waals surface area (Å²) in [6.45, 7) is 0. The lowest BCUT2D eigenvalue weighted by atomic mass is 10.0. The van der Waals surface area contributed by atoms with Crippen LogP contribution in [0.25, 0.3) is 115 Å². The molecule has 0 fully saturated rings. The van der Waals surface area contributed by atoms with Gasteiger partial charge in [-0.3, -0.25) is 0 Å². The third-order valence-corrected chi connectivity index (χ3v) is 12.7. The molecule has 0 amide bonds. The van der Waals surface area contributed by atoms with E-state index in [1.807, 2.05) is 17.4 Å². The van der Waals surface area contributed by atoms with Crippen molar-refractivity contribution in [2.45, 2.75) is 0 Å². The summed E-state index contributed by atoms with van der Waals surface area (Å²) in [6.07, 6.45) is 0. The third-order valence-electron chi connectivity index (χ3n) is 11.4. The number of nitrogens with zero attached hydrogens (tertiary/aromatic N) is 4. The van der Waals surface area contributed by atoms with E-state index in [0.29, 0.717) is 17.5 Å². The number of para-hydroxylation sites is 1. The molecule has 3 aromatic heterocycles. The van der Waals surface area contributed by atoms with Crippen molar-refractivity contribution in [3.8, 4) is 51.0 Å². The highest BCUT2D eigenvalue weighted by atomic mass is 32.1. The van der Waals surface area contributed by atoms with Crippen molar-refractivity contribution >= 4 is 74.9 Å². The number of fused-ring (bicyclic) bond motifs is 8. The van der Waals surface area contributed by atoms with E-state index in [2.05, 4.69) is 193 Å². The summed E-state index contributed by atoms with van der Waals surface area (Å²) in [5.41, 5.74) is 8.76. The molecular weight excluding hydrogens is 725 g/mol. The predicted molar refractivity (Wildman–Crippen MR) is 244 cm³/mol. The smallest absolute Gasteiger partial charge is 0.165 e. The van der Waals surface area contributed by atoms with Crippen LogP contribution in [0.5, 0.6) is 0 Å². The Kier molecular flexibility index (Phi) is 7.37. The van der Waals surface area contributed by atoms with Gasteiger partial charge in [0.05, 0.1) is 21.4 Å². The molecule has 12 rings (SSSR count). The van der Waals surface area contributed by atoms with E-state index in [-0.39, 0.29) is 0 Å². The summed E-state index contributed by atoms with van der Waals surface area (Å²) in [4.78, 5) is 15.6. The molecule has 58 heavy (non-hydrogen) atoms. The van der Waals surface area contributed by atoms with Gasteiger partial charge in [0.1, 0.15) is 0 Å². The second-order valence-electron chi connectivity index (χ2n) is 14.8. The standard InChI is InChI=1S/C53H32N4S/c1-2-12-33(13-3-1)35-24-27-36(28-25-35)51-54-52(40-29-26-34-14-4-5-15-37(34)30-40)56-53(55-51)44-21-10-19-42-43-20-11-23-47(50(43)58-49(42)44)57-46-22-9-8-18-41(46)45-31-38-16-6-7-17-39(38)32-48(45)57/h1-32H. The highest BCUT2D eigenvalue weighted by Gasteiger charge is 2.20. The van der Waals surface area contributed by atoms with Crippen LogP contribution in [0.1, 0.15) is 0 Å². The average molecular weight is 757 g/mol. The molecular formula is C53H32N4S. The molecule has 5 heteroatoms. The van der Waals surface area contributed by atoms with Gasteiger partial charge in [0, 0.05) is 42.9 Å². The molecule has 0 saturated carbocycles. The topological polar surface area (TPSA) is 43.6 Å². The minimum absolute atomic E-state index is 0.643. The maximum absolute atomic E-state index is 5.25. The minimum Gasteiger partial charge on any atom is -0.308 e. The number of hydrogen-bond donors (Lipinski definition) is 0. The van der Waals surface area contributed by atoms with E-state index in [0.717, 1.165) is 38.0 Å². The Hall–Kier alpha value is -7.47. The molecule has 0 N–H and O–H groups in total.